The molecular formula is C99H176N4O44. The number of aliphatic carboxylic acids is 1. The van der Waals surface area contributed by atoms with Crippen LogP contribution in [0.4, 0.5) is 0 Å². The zero-order chi connectivity index (χ0) is 108. The van der Waals surface area contributed by atoms with Crippen LogP contribution in [0.25, 0.3) is 0 Å². The molecule has 8 aliphatic heterocycles. The molecule has 856 valence electrons. The number of unbranched alkanes of at least 4 members (excludes halogenated alkanes) is 31. The summed E-state index contributed by atoms with van der Waals surface area (Å²) < 4.78 is 98.2. The van der Waals surface area contributed by atoms with E-state index in [-0.39, 0.29) is 6.42 Å². The van der Waals surface area contributed by atoms with Gasteiger partial charge in [0.2, 0.25) is 23.6 Å². The number of ether oxygens (including phenoxy) is 16. The molecule has 0 aliphatic carbocycles. The van der Waals surface area contributed by atoms with E-state index in [4.69, 9.17) is 75.8 Å². The number of carbonyl (C=O) groups is 5. The summed E-state index contributed by atoms with van der Waals surface area (Å²) in [4.78, 5) is 67.3. The maximum atomic E-state index is 14.0. The van der Waals surface area contributed by atoms with Crippen LogP contribution in [0.2, 0.25) is 0 Å². The summed E-state index contributed by atoms with van der Waals surface area (Å²) in [6, 6.07) is -6.98. The zero-order valence-corrected chi connectivity index (χ0v) is 86.0. The molecule has 27 N–H and O–H groups in total. The van der Waals surface area contributed by atoms with Crippen LogP contribution in [0.3, 0.4) is 0 Å². The van der Waals surface area contributed by atoms with Crippen molar-refractivity contribution in [2.24, 2.45) is 0 Å². The third-order valence-corrected chi connectivity index (χ3v) is 28.7. The lowest BCUT2D eigenvalue weighted by molar-refractivity contribution is -0.400. The van der Waals surface area contributed by atoms with Crippen molar-refractivity contribution in [1.82, 2.24) is 21.3 Å². The standard InChI is InChI=1S/C99H176N4O44/c1-8-10-12-14-16-18-20-22-23-24-25-26-27-28-29-31-33-35-37-39-41-43-66(115)103-57(58(112)42-40-38-36-34-32-30-21-19-17-15-13-11-9-2)50-132-93-81(127)78(124)84(63(48-107)139-93)141-96-82(128)89(75(121)65(140-96)51-133-91-68(101-55(6)110)86(73(119)61(46-105)136-91)143-95-80(126)77(123)71(117)53(4)135-95)145-92-69(102-56(7)111)88(85(64(49-108)138-92)142-94-79(125)76(122)70(116)52(3)134-94)144-97-83(129)90(74(120)62(47-106)137-97)147-99(98(130)131)44-59(113)67(100-54(5)109)87(146-99)72(118)60(114)45-104/h40,42,52-53,57-65,67-97,104-108,112-114,116-129H,8-39,41,43-51H2,1-7H3,(H,100,109)(H,101,110)(H,102,111)(H,103,115)(H,130,131)/b42-40+/t52?,53?,57-,58+,59?,60+,61?,62?,63?,64?,65?,67+,68?,69?,70+,71+,72+,73+,74-,75-,76?,77?,78+,79-,80-,81?,82?,83?,84+,85+,86+,87?,88+,89-,90-,91+,92-,93+,94+,95+,96-,97-,99-/m0/s1. The van der Waals surface area contributed by atoms with Gasteiger partial charge in [-0.15, -0.1) is 0 Å². The van der Waals surface area contributed by atoms with Gasteiger partial charge in [-0.25, -0.2) is 4.79 Å². The van der Waals surface area contributed by atoms with E-state index in [1.807, 2.05) is 0 Å². The van der Waals surface area contributed by atoms with Crippen molar-refractivity contribution in [1.29, 1.82) is 0 Å². The van der Waals surface area contributed by atoms with E-state index in [0.717, 1.165) is 85.0 Å². The lowest BCUT2D eigenvalue weighted by Gasteiger charge is -2.52. The van der Waals surface area contributed by atoms with Crippen molar-refractivity contribution < 1.29 is 217 Å². The first kappa shape index (κ1) is 128. The van der Waals surface area contributed by atoms with Gasteiger partial charge in [0, 0.05) is 33.6 Å². The van der Waals surface area contributed by atoms with Gasteiger partial charge in [0.05, 0.1) is 82.7 Å². The molecular weight excluding hydrogens is 1950 g/mol. The number of amides is 4. The summed E-state index contributed by atoms with van der Waals surface area (Å²) in [5, 5.41) is 274. The van der Waals surface area contributed by atoms with Gasteiger partial charge < -0.3 is 215 Å². The van der Waals surface area contributed by atoms with Gasteiger partial charge in [-0.1, -0.05) is 219 Å². The number of nitrogens with one attached hydrogen (secondary N) is 4. The molecule has 0 aromatic carbocycles. The highest BCUT2D eigenvalue weighted by atomic mass is 16.8. The van der Waals surface area contributed by atoms with E-state index in [9.17, 15) is 141 Å². The Hall–Kier alpha value is -4.43. The molecule has 8 rings (SSSR count). The second-order valence-corrected chi connectivity index (χ2v) is 40.6. The van der Waals surface area contributed by atoms with E-state index >= 15 is 0 Å². The molecule has 4 amide bonds. The fourth-order valence-electron chi connectivity index (χ4n) is 20.0. The van der Waals surface area contributed by atoms with Gasteiger partial charge in [0.15, 0.2) is 44.0 Å². The Morgan fingerprint density at radius 1 is 0.374 bits per heavy atom. The molecule has 48 nitrogen and oxygen atoms in total. The predicted molar refractivity (Wildman–Crippen MR) is 513 cm³/mol. The molecule has 8 saturated heterocycles. The highest BCUT2D eigenvalue weighted by Gasteiger charge is 2.63. The van der Waals surface area contributed by atoms with Gasteiger partial charge in [0.1, 0.15) is 177 Å². The van der Waals surface area contributed by atoms with Crippen LogP contribution < -0.4 is 21.3 Å². The van der Waals surface area contributed by atoms with E-state index < -0.39 is 345 Å². The molecule has 0 aromatic heterocycles. The van der Waals surface area contributed by atoms with Crippen molar-refractivity contribution in [3.05, 3.63) is 12.2 Å². The van der Waals surface area contributed by atoms with Gasteiger partial charge >= 0.3 is 5.97 Å². The number of carbonyl (C=O) groups excluding carboxylic acids is 4. The third kappa shape index (κ3) is 37.7. The Labute approximate surface area is 859 Å². The maximum absolute atomic E-state index is 14.0. The van der Waals surface area contributed by atoms with Crippen LogP contribution in [0.1, 0.15) is 273 Å². The molecule has 16 unspecified atom stereocenters. The summed E-state index contributed by atoms with van der Waals surface area (Å²) in [6.07, 6.45) is -40.0. The smallest absolute Gasteiger partial charge is 0.364 e. The minimum atomic E-state index is -3.38. The summed E-state index contributed by atoms with van der Waals surface area (Å²) in [6.45, 7) is 2.15. The molecule has 8 fully saturated rings. The number of aliphatic hydroxyl groups excluding tert-OH is 22. The Kier molecular flexibility index (Phi) is 57.0. The normalized spacial score (nSPS) is 37.9. The molecule has 8 heterocycles. The fourth-order valence-corrected chi connectivity index (χ4v) is 20.0. The van der Waals surface area contributed by atoms with Crippen LogP contribution >= 0.6 is 0 Å². The number of hydrogen-bond donors (Lipinski definition) is 27. The first-order valence-electron chi connectivity index (χ1n) is 53.3. The van der Waals surface area contributed by atoms with Crippen molar-refractivity contribution in [2.45, 2.75) is 536 Å². The molecule has 8 aliphatic rings. The largest absolute Gasteiger partial charge is 0.477 e. The van der Waals surface area contributed by atoms with E-state index in [1.54, 1.807) is 6.08 Å². The highest BCUT2D eigenvalue weighted by molar-refractivity contribution is 5.77. The Balaban J connectivity index is 1.08. The Morgan fingerprint density at radius 3 is 1.22 bits per heavy atom. The highest BCUT2D eigenvalue weighted by Crippen LogP contribution is 2.43. The SMILES string of the molecule is CCCCCCCCCCCCC/C=C/[C@@H](O)[C@H](CO[C@@H]1OC(CO)[C@@H](O[C@@H]2OC(CO[C@@H]3OC(CO)[C@@H](O)[C@H](O[C@H]4OC(C)[C@@H](O)C(O)[C@@H]4O)C3NC(C)=O)[C@H](O)[C@H](O[C@@H]3OC(CO)[C@@H](O[C@H]4OC(C)[C@@H](O)C(O)[C@@H]4O)[C@H](O[C@@H]4OC(CO)[C@H](O)[C@H](O[C@]5(C(=O)O)CC(O)[C@@H](NC(C)=O)C([C@H](O)[C@H](O)CO)O5)C4O)C3NC(C)=O)C2O)[C@H](O)C1O)NC(=O)CCCCCCCCCCCCCCCCCCCCCCC. The lowest BCUT2D eigenvalue weighted by atomic mass is 9.88. The second kappa shape index (κ2) is 65.6. The average molecular weight is 2130 g/mol. The Morgan fingerprint density at radius 2 is 0.748 bits per heavy atom. The summed E-state index contributed by atoms with van der Waals surface area (Å²) >= 11 is 0. The molecule has 48 heteroatoms. The Bertz CT molecular complexity index is 3720. The number of rotatable bonds is 66. The number of carboxylic acids is 1. The first-order valence-corrected chi connectivity index (χ1v) is 53.3. The summed E-state index contributed by atoms with van der Waals surface area (Å²) in [5.74, 6) is -8.84. The average Bonchev–Trinajstić information content (AvgIpc) is 0.684. The topological polar surface area (TPSA) is 746 Å². The summed E-state index contributed by atoms with van der Waals surface area (Å²) in [7, 11) is 0. The van der Waals surface area contributed by atoms with E-state index in [1.165, 1.54) is 155 Å². The molecule has 0 bridgehead atoms. The number of aliphatic hydroxyl groups is 22. The van der Waals surface area contributed by atoms with Gasteiger partial charge in [-0.3, -0.25) is 19.2 Å². The zero-order valence-electron chi connectivity index (χ0n) is 86.0. The predicted octanol–water partition coefficient (Wildman–Crippen LogP) is -3.03. The van der Waals surface area contributed by atoms with Gasteiger partial charge in [-0.2, -0.15) is 0 Å². The van der Waals surface area contributed by atoms with E-state index in [2.05, 4.69) is 35.1 Å². The van der Waals surface area contributed by atoms with E-state index in [0.29, 0.717) is 12.8 Å². The van der Waals surface area contributed by atoms with Crippen LogP contribution in [-0.2, 0) is 99.8 Å². The minimum absolute atomic E-state index is 0.0854. The molecule has 0 spiro atoms. The molecule has 0 aromatic rings. The van der Waals surface area contributed by atoms with Crippen molar-refractivity contribution in [3.8, 4) is 0 Å². The number of hydrogen-bond acceptors (Lipinski definition) is 43. The number of allylic oxidation sites excluding steroid dienone is 1. The molecule has 0 saturated carbocycles. The summed E-state index contributed by atoms with van der Waals surface area (Å²) in [5.41, 5.74) is 0. The van der Waals surface area contributed by atoms with Crippen LogP contribution in [0.15, 0.2) is 12.2 Å². The van der Waals surface area contributed by atoms with Gasteiger partial charge in [-0.05, 0) is 33.1 Å². The quantitative estimate of drug-likeness (QED) is 0.0213. The van der Waals surface area contributed by atoms with Crippen molar-refractivity contribution >= 4 is 29.6 Å². The minimum Gasteiger partial charge on any atom is -0.477 e. The fraction of sp³-hybridized carbons (Fsp3) is 0.929. The molecule has 43 atom stereocenters. The van der Waals surface area contributed by atoms with Crippen LogP contribution in [0, 0.1) is 0 Å². The molecule has 147 heavy (non-hydrogen) atoms. The van der Waals surface area contributed by atoms with Crippen molar-refractivity contribution in [2.75, 3.05) is 46.2 Å². The first-order chi connectivity index (χ1) is 70.2. The lowest BCUT2D eigenvalue weighted by Crippen LogP contribution is -2.72. The van der Waals surface area contributed by atoms with Crippen molar-refractivity contribution in [3.63, 3.8) is 0 Å². The molecule has 0 radical (unpaired) electrons. The monoisotopic (exact) mass is 2130 g/mol. The third-order valence-electron chi connectivity index (χ3n) is 28.7. The van der Waals surface area contributed by atoms with Gasteiger partial charge in [0.25, 0.3) is 5.79 Å². The van der Waals surface area contributed by atoms with Crippen LogP contribution in [0.5, 0.6) is 0 Å². The number of carboxylic acid groups (broad SMARTS) is 1. The second-order valence-electron chi connectivity index (χ2n) is 40.6. The maximum Gasteiger partial charge on any atom is 0.364 e. The van der Waals surface area contributed by atoms with Crippen LogP contribution in [-0.4, -0.2) is 457 Å².